The molecular weight excluding hydrogens is 348 g/mol. The first-order valence-electron chi connectivity index (χ1n) is 7.46. The number of ether oxygens (including phenoxy) is 1. The molecule has 1 aliphatic rings. The highest BCUT2D eigenvalue weighted by Crippen LogP contribution is 2.23. The van der Waals surface area contributed by atoms with Crippen LogP contribution in [0.4, 0.5) is 5.95 Å². The highest BCUT2D eigenvalue weighted by Gasteiger charge is 2.21. The molecule has 0 amide bonds. The molecule has 0 aliphatic carbocycles. The summed E-state index contributed by atoms with van der Waals surface area (Å²) in [5.74, 6) is 2.24. The van der Waals surface area contributed by atoms with Gasteiger partial charge in [0, 0.05) is 39.8 Å². The van der Waals surface area contributed by atoms with Crippen molar-refractivity contribution in [2.75, 3.05) is 51.8 Å². The Hall–Kier alpha value is -1.57. The van der Waals surface area contributed by atoms with Gasteiger partial charge >= 0.3 is 0 Å². The number of guanidine groups is 1. The van der Waals surface area contributed by atoms with Gasteiger partial charge in [0.1, 0.15) is 0 Å². The Balaban J connectivity index is 1.97. The van der Waals surface area contributed by atoms with Crippen LogP contribution < -0.4 is 15.0 Å². The van der Waals surface area contributed by atoms with Crippen LogP contribution in [0, 0.1) is 0 Å². The molecule has 0 radical (unpaired) electrons. The first-order chi connectivity index (χ1) is 10.7. The summed E-state index contributed by atoms with van der Waals surface area (Å²) in [6.07, 6.45) is 2.82. The number of methoxy groups -OCH3 is 1. The minimum absolute atomic E-state index is 0.563. The predicted octanol–water partition coefficient (Wildman–Crippen LogP) is 1.36. The van der Waals surface area contributed by atoms with Crippen LogP contribution in [0.25, 0.3) is 0 Å². The second kappa shape index (κ2) is 8.17. The normalized spacial score (nSPS) is 15.9. The summed E-state index contributed by atoms with van der Waals surface area (Å²) in [5.41, 5.74) is 0. The molecule has 8 heteroatoms. The summed E-state index contributed by atoms with van der Waals surface area (Å²) >= 11 is 3.38. The van der Waals surface area contributed by atoms with E-state index in [0.29, 0.717) is 11.8 Å². The van der Waals surface area contributed by atoms with Crippen LogP contribution in [0.5, 0.6) is 5.88 Å². The van der Waals surface area contributed by atoms with Crippen molar-refractivity contribution in [2.24, 2.45) is 4.99 Å². The molecule has 0 saturated carbocycles. The third kappa shape index (κ3) is 4.00. The van der Waals surface area contributed by atoms with Gasteiger partial charge in [-0.2, -0.15) is 4.98 Å². The monoisotopic (exact) mass is 370 g/mol. The Bertz CT molecular complexity index is 516. The lowest BCUT2D eigenvalue weighted by molar-refractivity contribution is 0.366. The fourth-order valence-electron chi connectivity index (χ4n) is 2.33. The molecule has 2 heterocycles. The number of nitrogens with zero attached hydrogens (tertiary/aromatic N) is 5. The first-order valence-corrected chi connectivity index (χ1v) is 8.26. The molecule has 2 rings (SSSR count). The maximum atomic E-state index is 5.23. The van der Waals surface area contributed by atoms with Crippen LogP contribution in [0.1, 0.15) is 13.3 Å². The van der Waals surface area contributed by atoms with E-state index in [1.54, 1.807) is 13.3 Å². The first kappa shape index (κ1) is 16.8. The van der Waals surface area contributed by atoms with E-state index in [1.165, 1.54) is 0 Å². The number of rotatable bonds is 4. The molecule has 1 saturated heterocycles. The van der Waals surface area contributed by atoms with Crippen molar-refractivity contribution in [1.29, 1.82) is 0 Å². The van der Waals surface area contributed by atoms with Gasteiger partial charge < -0.3 is 19.9 Å². The minimum Gasteiger partial charge on any atom is -0.480 e. The smallest absolute Gasteiger partial charge is 0.232 e. The fourth-order valence-corrected chi connectivity index (χ4v) is 2.68. The molecule has 22 heavy (non-hydrogen) atoms. The van der Waals surface area contributed by atoms with Gasteiger partial charge in [-0.3, -0.25) is 4.99 Å². The maximum absolute atomic E-state index is 5.23. The molecular formula is C14H23BrN6O. The molecule has 1 aliphatic heterocycles. The number of hydrogen-bond donors (Lipinski definition) is 1. The van der Waals surface area contributed by atoms with Gasteiger partial charge in [0.05, 0.1) is 17.8 Å². The third-order valence-electron chi connectivity index (χ3n) is 3.50. The van der Waals surface area contributed by atoms with Crippen LogP contribution >= 0.6 is 15.9 Å². The highest BCUT2D eigenvalue weighted by molar-refractivity contribution is 9.10. The maximum Gasteiger partial charge on any atom is 0.232 e. The van der Waals surface area contributed by atoms with Crippen molar-refractivity contribution in [3.63, 3.8) is 0 Å². The molecule has 1 aromatic heterocycles. The van der Waals surface area contributed by atoms with Crippen molar-refractivity contribution in [1.82, 2.24) is 20.2 Å². The quantitative estimate of drug-likeness (QED) is 0.637. The molecule has 0 unspecified atom stereocenters. The topological polar surface area (TPSA) is 65.9 Å². The molecule has 0 spiro atoms. The molecule has 1 aromatic rings. The van der Waals surface area contributed by atoms with E-state index in [-0.39, 0.29) is 0 Å². The van der Waals surface area contributed by atoms with Crippen molar-refractivity contribution in [2.45, 2.75) is 13.3 Å². The summed E-state index contributed by atoms with van der Waals surface area (Å²) in [6.45, 7) is 6.60. The number of piperazine rings is 1. The number of halogens is 1. The number of anilines is 1. The van der Waals surface area contributed by atoms with Gasteiger partial charge in [0.15, 0.2) is 5.96 Å². The Morgan fingerprint density at radius 2 is 2.14 bits per heavy atom. The van der Waals surface area contributed by atoms with Gasteiger partial charge in [-0.25, -0.2) is 4.98 Å². The molecule has 122 valence electrons. The van der Waals surface area contributed by atoms with Gasteiger partial charge in [-0.05, 0) is 22.4 Å². The van der Waals surface area contributed by atoms with Crippen LogP contribution in [0.3, 0.4) is 0 Å². The van der Waals surface area contributed by atoms with E-state index in [2.05, 4.69) is 52.9 Å². The zero-order chi connectivity index (χ0) is 15.9. The summed E-state index contributed by atoms with van der Waals surface area (Å²) < 4.78 is 6.00. The van der Waals surface area contributed by atoms with Crippen molar-refractivity contribution < 1.29 is 4.74 Å². The summed E-state index contributed by atoms with van der Waals surface area (Å²) in [5, 5.41) is 3.37. The SMILES string of the molecule is CCCNC(=NC)N1CCN(c2ncc(Br)c(OC)n2)CC1. The molecule has 0 bridgehead atoms. The van der Waals surface area contributed by atoms with E-state index in [9.17, 15) is 0 Å². The zero-order valence-corrected chi connectivity index (χ0v) is 14.9. The van der Waals surface area contributed by atoms with Crippen molar-refractivity contribution in [3.8, 4) is 5.88 Å². The summed E-state index contributed by atoms with van der Waals surface area (Å²) in [4.78, 5) is 17.6. The Labute approximate surface area is 139 Å². The van der Waals surface area contributed by atoms with Crippen LogP contribution in [-0.2, 0) is 0 Å². The second-order valence-electron chi connectivity index (χ2n) is 4.98. The van der Waals surface area contributed by atoms with E-state index in [4.69, 9.17) is 4.74 Å². The number of aliphatic imine (C=N–C) groups is 1. The van der Waals surface area contributed by atoms with Crippen LogP contribution in [0.2, 0.25) is 0 Å². The second-order valence-corrected chi connectivity index (χ2v) is 5.83. The molecule has 7 nitrogen and oxygen atoms in total. The van der Waals surface area contributed by atoms with Crippen LogP contribution in [-0.4, -0.2) is 67.7 Å². The van der Waals surface area contributed by atoms with E-state index in [1.807, 2.05) is 7.05 Å². The Morgan fingerprint density at radius 3 is 2.73 bits per heavy atom. The molecule has 1 fully saturated rings. The van der Waals surface area contributed by atoms with Gasteiger partial charge in [-0.15, -0.1) is 0 Å². The number of hydrogen-bond acceptors (Lipinski definition) is 5. The zero-order valence-electron chi connectivity index (χ0n) is 13.3. The average molecular weight is 371 g/mol. The molecule has 0 atom stereocenters. The minimum atomic E-state index is 0.563. The largest absolute Gasteiger partial charge is 0.480 e. The summed E-state index contributed by atoms with van der Waals surface area (Å²) in [7, 11) is 3.44. The molecule has 0 aromatic carbocycles. The van der Waals surface area contributed by atoms with Gasteiger partial charge in [0.2, 0.25) is 11.8 Å². The van der Waals surface area contributed by atoms with Crippen LogP contribution in [0.15, 0.2) is 15.7 Å². The third-order valence-corrected chi connectivity index (χ3v) is 4.04. The lowest BCUT2D eigenvalue weighted by Crippen LogP contribution is -2.53. The van der Waals surface area contributed by atoms with Crippen molar-refractivity contribution >= 4 is 27.8 Å². The standard InChI is InChI=1S/C14H23BrN6O/c1-4-5-17-13(16-2)20-6-8-21(9-7-20)14-18-10-11(15)12(19-14)22-3/h10H,4-9H2,1-3H3,(H,16,17). The predicted molar refractivity (Wildman–Crippen MR) is 91.7 cm³/mol. The Morgan fingerprint density at radius 1 is 1.41 bits per heavy atom. The lowest BCUT2D eigenvalue weighted by Gasteiger charge is -2.36. The summed E-state index contributed by atoms with van der Waals surface area (Å²) in [6, 6.07) is 0. The number of aromatic nitrogens is 2. The molecule has 1 N–H and O–H groups in total. The van der Waals surface area contributed by atoms with E-state index >= 15 is 0 Å². The average Bonchev–Trinajstić information content (AvgIpc) is 2.56. The fraction of sp³-hybridized carbons (Fsp3) is 0.643. The van der Waals surface area contributed by atoms with Gasteiger partial charge in [0.25, 0.3) is 0 Å². The number of nitrogens with one attached hydrogen (secondary N) is 1. The van der Waals surface area contributed by atoms with Crippen molar-refractivity contribution in [3.05, 3.63) is 10.7 Å². The van der Waals surface area contributed by atoms with E-state index < -0.39 is 0 Å². The highest BCUT2D eigenvalue weighted by atomic mass is 79.9. The lowest BCUT2D eigenvalue weighted by atomic mass is 10.3. The van der Waals surface area contributed by atoms with E-state index in [0.717, 1.165) is 49.6 Å². The Kier molecular flexibility index (Phi) is 6.23. The van der Waals surface area contributed by atoms with Gasteiger partial charge in [-0.1, -0.05) is 6.92 Å².